The highest BCUT2D eigenvalue weighted by atomic mass is 79.9. The molecule has 0 heterocycles. The Balaban J connectivity index is 2.40. The summed E-state index contributed by atoms with van der Waals surface area (Å²) in [4.78, 5) is 12.4. The normalized spacial score (nSPS) is 11.3. The van der Waals surface area contributed by atoms with Crippen molar-refractivity contribution in [3.63, 3.8) is 0 Å². The number of nitrogens with zero attached hydrogens (tertiary/aromatic N) is 1. The molecule has 0 bridgehead atoms. The van der Waals surface area contributed by atoms with Crippen molar-refractivity contribution in [3.05, 3.63) is 57.5 Å². The number of carbonyl (C=O) groups excluding carboxylic acids is 1. The maximum Gasteiger partial charge on any atom is 0.416 e. The first kappa shape index (κ1) is 19.9. The molecular formula is C16H12BrClF3NO2S. The van der Waals surface area contributed by atoms with Crippen LogP contribution in [0.15, 0.2) is 51.8 Å². The second kappa shape index (κ2) is 8.33. The summed E-state index contributed by atoms with van der Waals surface area (Å²) >= 11 is 10.5. The minimum atomic E-state index is -4.52. The van der Waals surface area contributed by atoms with Crippen molar-refractivity contribution in [2.75, 3.05) is 18.0 Å². The van der Waals surface area contributed by atoms with Gasteiger partial charge in [-0.25, -0.2) is 0 Å². The Bertz CT molecular complexity index is 756. The van der Waals surface area contributed by atoms with E-state index < -0.39 is 17.7 Å². The van der Waals surface area contributed by atoms with Crippen molar-refractivity contribution in [2.45, 2.75) is 11.1 Å². The lowest BCUT2D eigenvalue weighted by Crippen LogP contribution is -2.25. The van der Waals surface area contributed by atoms with Crippen molar-refractivity contribution in [1.82, 2.24) is 0 Å². The summed E-state index contributed by atoms with van der Waals surface area (Å²) in [6.45, 7) is -0.266. The molecule has 2 aromatic rings. The van der Waals surface area contributed by atoms with Crippen molar-refractivity contribution < 1.29 is 22.7 Å². The molecule has 0 aliphatic heterocycles. The molecule has 0 aliphatic rings. The summed E-state index contributed by atoms with van der Waals surface area (Å²) in [5.74, 6) is -0.599. The predicted molar refractivity (Wildman–Crippen MR) is 95.8 cm³/mol. The maximum atomic E-state index is 13.0. The Hall–Kier alpha value is -1.38. The van der Waals surface area contributed by atoms with Gasteiger partial charge in [-0.3, -0.25) is 9.10 Å². The molecule has 2 rings (SSSR count). The first-order valence-corrected chi connectivity index (χ1v) is 8.80. The van der Waals surface area contributed by atoms with Crippen LogP contribution in [0.3, 0.4) is 0 Å². The number of halogens is 5. The number of benzene rings is 2. The molecule has 0 unspecified atom stereocenters. The second-order valence-electron chi connectivity index (χ2n) is 4.82. The second-order valence-corrected chi connectivity index (χ2v) is 7.24. The average molecular weight is 455 g/mol. The zero-order valence-corrected chi connectivity index (χ0v) is 16.0. The number of rotatable bonds is 5. The van der Waals surface area contributed by atoms with E-state index >= 15 is 0 Å². The lowest BCUT2D eigenvalue weighted by molar-refractivity contribution is -0.138. The van der Waals surface area contributed by atoms with E-state index in [2.05, 4.69) is 20.7 Å². The molecule has 25 heavy (non-hydrogen) atoms. The third-order valence-corrected chi connectivity index (χ3v) is 4.95. The Morgan fingerprint density at radius 1 is 1.24 bits per heavy atom. The van der Waals surface area contributed by atoms with Crippen LogP contribution in [0, 0.1) is 0 Å². The minimum Gasteiger partial charge on any atom is -0.468 e. The maximum absolute atomic E-state index is 13.0. The van der Waals surface area contributed by atoms with Gasteiger partial charge in [0.15, 0.2) is 0 Å². The Morgan fingerprint density at radius 3 is 2.44 bits per heavy atom. The van der Waals surface area contributed by atoms with Crippen LogP contribution >= 0.6 is 39.5 Å². The molecule has 3 nitrogen and oxygen atoms in total. The number of carbonyl (C=O) groups is 1. The van der Waals surface area contributed by atoms with Gasteiger partial charge in [0.05, 0.1) is 23.4 Å². The van der Waals surface area contributed by atoms with E-state index in [9.17, 15) is 18.0 Å². The summed E-state index contributed by atoms with van der Waals surface area (Å²) in [6.07, 6.45) is -4.52. The van der Waals surface area contributed by atoms with Gasteiger partial charge in [0.1, 0.15) is 6.54 Å². The van der Waals surface area contributed by atoms with Gasteiger partial charge in [0, 0.05) is 9.37 Å². The zero-order valence-electron chi connectivity index (χ0n) is 12.8. The molecule has 0 fully saturated rings. The first-order chi connectivity index (χ1) is 11.7. The molecule has 134 valence electrons. The van der Waals surface area contributed by atoms with E-state index in [0.29, 0.717) is 0 Å². The largest absolute Gasteiger partial charge is 0.468 e. The van der Waals surface area contributed by atoms with E-state index in [1.54, 1.807) is 24.3 Å². The Labute approximate surface area is 160 Å². The molecule has 9 heteroatoms. The van der Waals surface area contributed by atoms with Crippen LogP contribution in [0.4, 0.5) is 18.9 Å². The molecule has 2 aromatic carbocycles. The van der Waals surface area contributed by atoms with Gasteiger partial charge in [0.25, 0.3) is 0 Å². The van der Waals surface area contributed by atoms with Crippen LogP contribution in [0.5, 0.6) is 0 Å². The van der Waals surface area contributed by atoms with Crippen molar-refractivity contribution in [1.29, 1.82) is 0 Å². The molecule has 0 atom stereocenters. The van der Waals surface area contributed by atoms with Crippen LogP contribution in [0.2, 0.25) is 5.02 Å². The van der Waals surface area contributed by atoms with E-state index in [1.165, 1.54) is 11.4 Å². The number of hydrogen-bond acceptors (Lipinski definition) is 4. The first-order valence-electron chi connectivity index (χ1n) is 6.85. The van der Waals surface area contributed by atoms with Crippen LogP contribution in [0.1, 0.15) is 5.56 Å². The topological polar surface area (TPSA) is 29.5 Å². The van der Waals surface area contributed by atoms with Crippen LogP contribution < -0.4 is 4.31 Å². The average Bonchev–Trinajstić information content (AvgIpc) is 2.55. The summed E-state index contributed by atoms with van der Waals surface area (Å²) < 4.78 is 45.8. The fourth-order valence-corrected chi connectivity index (χ4v) is 3.32. The van der Waals surface area contributed by atoms with E-state index in [-0.39, 0.29) is 17.3 Å². The summed E-state index contributed by atoms with van der Waals surface area (Å²) in [5, 5.41) is 0.0986. The zero-order chi connectivity index (χ0) is 18.6. The van der Waals surface area contributed by atoms with Crippen LogP contribution in [-0.4, -0.2) is 19.6 Å². The van der Waals surface area contributed by atoms with Crippen LogP contribution in [0.25, 0.3) is 0 Å². The van der Waals surface area contributed by atoms with Gasteiger partial charge < -0.3 is 4.74 Å². The molecular weight excluding hydrogens is 443 g/mol. The van der Waals surface area contributed by atoms with Crippen molar-refractivity contribution in [2.24, 2.45) is 0 Å². The molecule has 0 aliphatic carbocycles. The number of esters is 1. The Kier molecular flexibility index (Phi) is 6.65. The molecule has 0 N–H and O–H groups in total. The quantitative estimate of drug-likeness (QED) is 0.421. The van der Waals surface area contributed by atoms with E-state index in [4.69, 9.17) is 11.6 Å². The number of methoxy groups -OCH3 is 1. The monoisotopic (exact) mass is 453 g/mol. The van der Waals surface area contributed by atoms with Gasteiger partial charge in [0.2, 0.25) is 0 Å². The number of alkyl halides is 3. The molecule has 0 aromatic heterocycles. The van der Waals surface area contributed by atoms with E-state index in [0.717, 1.165) is 39.5 Å². The molecule has 0 radical (unpaired) electrons. The fourth-order valence-electron chi connectivity index (χ4n) is 1.85. The molecule has 0 spiro atoms. The van der Waals surface area contributed by atoms with Gasteiger partial charge in [-0.05, 0) is 54.4 Å². The molecule has 0 saturated heterocycles. The highest BCUT2D eigenvalue weighted by molar-refractivity contribution is 9.10. The number of anilines is 1. The number of hydrogen-bond donors (Lipinski definition) is 0. The van der Waals surface area contributed by atoms with Gasteiger partial charge >= 0.3 is 12.1 Å². The highest BCUT2D eigenvalue weighted by Gasteiger charge is 2.32. The van der Waals surface area contributed by atoms with Crippen molar-refractivity contribution in [3.8, 4) is 0 Å². The van der Waals surface area contributed by atoms with Crippen molar-refractivity contribution >= 4 is 51.1 Å². The standard InChI is InChI=1S/C16H12BrClF3NO2S/c1-24-15(23)9-22(25-12-5-3-11(17)4-6-12)14-8-10(16(19,20)21)2-7-13(14)18/h2-8H,9H2,1H3. The number of ether oxygens (including phenoxy) is 1. The summed E-state index contributed by atoms with van der Waals surface area (Å²) in [7, 11) is 1.21. The fraction of sp³-hybridized carbons (Fsp3) is 0.188. The van der Waals surface area contributed by atoms with Gasteiger partial charge in [-0.2, -0.15) is 13.2 Å². The van der Waals surface area contributed by atoms with Gasteiger partial charge in [-0.1, -0.05) is 27.5 Å². The van der Waals surface area contributed by atoms with E-state index in [1.807, 2.05) is 0 Å². The lowest BCUT2D eigenvalue weighted by atomic mass is 10.2. The minimum absolute atomic E-state index is 0.0785. The molecule has 0 saturated carbocycles. The third kappa shape index (κ3) is 5.55. The lowest BCUT2D eigenvalue weighted by Gasteiger charge is -2.24. The Morgan fingerprint density at radius 2 is 1.88 bits per heavy atom. The van der Waals surface area contributed by atoms with Gasteiger partial charge in [-0.15, -0.1) is 0 Å². The van der Waals surface area contributed by atoms with Crippen LogP contribution in [-0.2, 0) is 15.7 Å². The SMILES string of the molecule is COC(=O)CN(Sc1ccc(Br)cc1)c1cc(C(F)(F)F)ccc1Cl. The molecule has 0 amide bonds. The summed E-state index contributed by atoms with van der Waals surface area (Å²) in [6, 6.07) is 10.1. The highest BCUT2D eigenvalue weighted by Crippen LogP contribution is 2.39. The summed E-state index contributed by atoms with van der Waals surface area (Å²) in [5.41, 5.74) is -0.770. The smallest absolute Gasteiger partial charge is 0.416 e. The third-order valence-electron chi connectivity index (χ3n) is 3.07. The predicted octanol–water partition coefficient (Wildman–Crippen LogP) is 5.81.